The van der Waals surface area contributed by atoms with Crippen LogP contribution in [0.15, 0.2) is 41.3 Å². The lowest BCUT2D eigenvalue weighted by Gasteiger charge is -2.19. The van der Waals surface area contributed by atoms with Crippen molar-refractivity contribution in [1.82, 2.24) is 4.57 Å². The van der Waals surface area contributed by atoms with E-state index in [2.05, 4.69) is 0 Å². The minimum absolute atomic E-state index is 0.0662. The number of carbonyl (C=O) groups excluding carboxylic acids is 1. The van der Waals surface area contributed by atoms with Gasteiger partial charge in [-0.15, -0.1) is 0 Å². The van der Waals surface area contributed by atoms with Crippen LogP contribution in [0.3, 0.4) is 0 Å². The first-order chi connectivity index (χ1) is 12.0. The fourth-order valence-electron chi connectivity index (χ4n) is 2.89. The van der Waals surface area contributed by atoms with E-state index >= 15 is 0 Å². The summed E-state index contributed by atoms with van der Waals surface area (Å²) in [6, 6.07) is 9.19. The molecule has 0 aliphatic rings. The Balaban J connectivity index is 2.47. The molecule has 0 saturated heterocycles. The number of esters is 1. The number of nitrogens with zero attached hydrogens (tertiary/aromatic N) is 1. The second-order valence-corrected chi connectivity index (χ2v) is 5.99. The summed E-state index contributed by atoms with van der Waals surface area (Å²) in [6.07, 6.45) is 1.90. The van der Waals surface area contributed by atoms with Crippen LogP contribution < -0.4 is 5.56 Å². The smallest absolute Gasteiger partial charge is 0.306 e. The molecule has 2 aromatic rings. The van der Waals surface area contributed by atoms with E-state index in [1.165, 1.54) is 0 Å². The zero-order valence-corrected chi connectivity index (χ0v) is 15.0. The van der Waals surface area contributed by atoms with Crippen LogP contribution in [0.5, 0.6) is 0 Å². The average molecular weight is 343 g/mol. The predicted octanol–water partition coefficient (Wildman–Crippen LogP) is 2.75. The Morgan fingerprint density at radius 1 is 1.20 bits per heavy atom. The van der Waals surface area contributed by atoms with Crippen molar-refractivity contribution in [2.75, 3.05) is 6.61 Å². The molecule has 1 aromatic heterocycles. The highest BCUT2D eigenvalue weighted by Crippen LogP contribution is 2.29. The first kappa shape index (κ1) is 18.9. The first-order valence-electron chi connectivity index (χ1n) is 8.56. The van der Waals surface area contributed by atoms with Gasteiger partial charge in [0.2, 0.25) is 0 Å². The lowest BCUT2D eigenvalue weighted by atomic mass is 9.87. The molecular weight excluding hydrogens is 318 g/mol. The molecule has 1 aromatic carbocycles. The van der Waals surface area contributed by atoms with Gasteiger partial charge in [-0.2, -0.15) is 0 Å². The number of hydrogen-bond acceptors (Lipinski definition) is 4. The summed E-state index contributed by atoms with van der Waals surface area (Å²) in [7, 11) is 0. The summed E-state index contributed by atoms with van der Waals surface area (Å²) in [4.78, 5) is 24.3. The molecule has 2 rings (SSSR count). The lowest BCUT2D eigenvalue weighted by Crippen LogP contribution is -2.20. The highest BCUT2D eigenvalue weighted by atomic mass is 16.5. The normalized spacial score (nSPS) is 12.0. The van der Waals surface area contributed by atoms with Gasteiger partial charge in [-0.3, -0.25) is 9.59 Å². The van der Waals surface area contributed by atoms with E-state index in [9.17, 15) is 14.7 Å². The van der Waals surface area contributed by atoms with Crippen LogP contribution in [0.25, 0.3) is 0 Å². The van der Waals surface area contributed by atoms with Crippen molar-refractivity contribution in [3.8, 4) is 0 Å². The average Bonchev–Trinajstić information content (AvgIpc) is 2.60. The summed E-state index contributed by atoms with van der Waals surface area (Å²) >= 11 is 0. The van der Waals surface area contributed by atoms with Gasteiger partial charge in [-0.05, 0) is 49.1 Å². The fraction of sp³-hybridized carbons (Fsp3) is 0.400. The van der Waals surface area contributed by atoms with Crippen LogP contribution in [-0.2, 0) is 22.7 Å². The number of ether oxygens (including phenoxy) is 1. The molecule has 1 heterocycles. The molecular formula is C20H25NO4. The number of benzene rings is 1. The molecule has 1 unspecified atom stereocenters. The number of aliphatic hydroxyl groups excluding tert-OH is 1. The van der Waals surface area contributed by atoms with Crippen LogP contribution in [-0.4, -0.2) is 22.2 Å². The lowest BCUT2D eigenvalue weighted by molar-refractivity contribution is -0.143. The van der Waals surface area contributed by atoms with Crippen molar-refractivity contribution in [3.63, 3.8) is 0 Å². The Morgan fingerprint density at radius 2 is 1.92 bits per heavy atom. The molecule has 0 amide bonds. The van der Waals surface area contributed by atoms with Gasteiger partial charge in [-0.25, -0.2) is 0 Å². The molecule has 1 N–H and O–H groups in total. The van der Waals surface area contributed by atoms with Gasteiger partial charge in [-0.1, -0.05) is 18.2 Å². The maximum absolute atomic E-state index is 12.2. The molecule has 0 radical (unpaired) electrons. The zero-order chi connectivity index (χ0) is 18.4. The third-order valence-electron chi connectivity index (χ3n) is 4.39. The van der Waals surface area contributed by atoms with Crippen molar-refractivity contribution in [2.24, 2.45) is 0 Å². The van der Waals surface area contributed by atoms with E-state index in [-0.39, 0.29) is 30.5 Å². The summed E-state index contributed by atoms with van der Waals surface area (Å²) in [5.41, 5.74) is 3.37. The number of aliphatic hydroxyl groups is 1. The molecule has 1 atom stereocenters. The van der Waals surface area contributed by atoms with Crippen molar-refractivity contribution in [2.45, 2.75) is 46.3 Å². The van der Waals surface area contributed by atoms with Gasteiger partial charge in [0, 0.05) is 24.7 Å². The van der Waals surface area contributed by atoms with E-state index in [0.717, 1.165) is 22.3 Å². The number of aromatic nitrogens is 1. The maximum atomic E-state index is 12.2. The van der Waals surface area contributed by atoms with Gasteiger partial charge >= 0.3 is 5.97 Å². The molecule has 5 heteroatoms. The molecule has 0 bridgehead atoms. The Kier molecular flexibility index (Phi) is 6.53. The van der Waals surface area contributed by atoms with Crippen molar-refractivity contribution < 1.29 is 14.6 Å². The van der Waals surface area contributed by atoms with E-state index in [4.69, 9.17) is 4.74 Å². The van der Waals surface area contributed by atoms with E-state index in [1.807, 2.05) is 38.1 Å². The number of carbonyl (C=O) groups is 1. The number of rotatable bonds is 7. The molecule has 0 spiro atoms. The van der Waals surface area contributed by atoms with Crippen LogP contribution in [0.4, 0.5) is 0 Å². The SMILES string of the molecule is CCOC(=O)CC(c1ccc(C)c(CO)c1)c1ccn(CC)c(=O)c1. The molecule has 0 aliphatic carbocycles. The molecule has 134 valence electrons. The predicted molar refractivity (Wildman–Crippen MR) is 96.6 cm³/mol. The second-order valence-electron chi connectivity index (χ2n) is 5.99. The van der Waals surface area contributed by atoms with Crippen LogP contribution in [0.2, 0.25) is 0 Å². The molecule has 5 nitrogen and oxygen atoms in total. The van der Waals surface area contributed by atoms with Crippen LogP contribution >= 0.6 is 0 Å². The van der Waals surface area contributed by atoms with E-state index in [0.29, 0.717) is 13.2 Å². The maximum Gasteiger partial charge on any atom is 0.306 e. The van der Waals surface area contributed by atoms with Crippen LogP contribution in [0, 0.1) is 6.92 Å². The largest absolute Gasteiger partial charge is 0.466 e. The first-order valence-corrected chi connectivity index (χ1v) is 8.56. The summed E-state index contributed by atoms with van der Waals surface area (Å²) in [5.74, 6) is -0.595. The Labute approximate surface area is 147 Å². The van der Waals surface area contributed by atoms with Gasteiger partial charge in [0.05, 0.1) is 19.6 Å². The third kappa shape index (κ3) is 4.57. The minimum Gasteiger partial charge on any atom is -0.466 e. The van der Waals surface area contributed by atoms with Gasteiger partial charge < -0.3 is 14.4 Å². The molecule has 0 aliphatic heterocycles. The Hall–Kier alpha value is -2.40. The third-order valence-corrected chi connectivity index (χ3v) is 4.39. The Bertz CT molecular complexity index is 795. The standard InChI is InChI=1S/C20H25NO4/c1-4-21-9-8-16(11-19(21)23)18(12-20(24)25-5-2)15-7-6-14(3)17(10-15)13-22/h6-11,18,22H,4-5,12-13H2,1-3H3. The van der Waals surface area contributed by atoms with Crippen molar-refractivity contribution >= 4 is 5.97 Å². The number of aryl methyl sites for hydroxylation is 2. The van der Waals surface area contributed by atoms with Gasteiger partial charge in [0.1, 0.15) is 0 Å². The molecule has 0 saturated carbocycles. The second kappa shape index (κ2) is 8.62. The molecule has 25 heavy (non-hydrogen) atoms. The number of hydrogen-bond donors (Lipinski definition) is 1. The highest BCUT2D eigenvalue weighted by molar-refractivity contribution is 5.71. The van der Waals surface area contributed by atoms with Gasteiger partial charge in [0.25, 0.3) is 5.56 Å². The quantitative estimate of drug-likeness (QED) is 0.785. The number of pyridine rings is 1. The monoisotopic (exact) mass is 343 g/mol. The summed E-state index contributed by atoms with van der Waals surface area (Å²) in [5, 5.41) is 9.53. The highest BCUT2D eigenvalue weighted by Gasteiger charge is 2.20. The minimum atomic E-state index is -0.307. The van der Waals surface area contributed by atoms with Crippen molar-refractivity contribution in [1.29, 1.82) is 0 Å². The molecule has 0 fully saturated rings. The summed E-state index contributed by atoms with van der Waals surface area (Å²) < 4.78 is 6.71. The summed E-state index contributed by atoms with van der Waals surface area (Å²) in [6.45, 7) is 6.46. The zero-order valence-electron chi connectivity index (χ0n) is 15.0. The topological polar surface area (TPSA) is 68.5 Å². The van der Waals surface area contributed by atoms with Crippen LogP contribution in [0.1, 0.15) is 48.4 Å². The van der Waals surface area contributed by atoms with E-state index < -0.39 is 0 Å². The Morgan fingerprint density at radius 3 is 2.52 bits per heavy atom. The van der Waals surface area contributed by atoms with E-state index in [1.54, 1.807) is 23.8 Å². The van der Waals surface area contributed by atoms with Gasteiger partial charge in [0.15, 0.2) is 0 Å². The fourth-order valence-corrected chi connectivity index (χ4v) is 2.89. The van der Waals surface area contributed by atoms with Crippen molar-refractivity contribution in [3.05, 3.63) is 69.1 Å².